The van der Waals surface area contributed by atoms with Crippen molar-refractivity contribution in [1.29, 1.82) is 0 Å². The molecule has 2 rings (SSSR count). The number of carbonyl (C=O) groups excluding carboxylic acids is 25. The Morgan fingerprint density at radius 3 is 0.847 bits per heavy atom. The highest BCUT2D eigenvalue weighted by molar-refractivity contribution is 6.03. The standard InChI is InChI=1S/C74H116N26O31/c1-31(75)72(128)99-21-9-11-45(99)70(126)84-29-55(109)88-34(4)62(118)97-43(23-49(78)103)68(124)95-41(13-17-47(76)101)66(122)93-39(15-19-57(111)112)64(120)82-25-51(105)80-27-53(107)86-32(2)59(115)90-36(6)61(117)91-37(7)73(129)100-22-10-12-46(100)71(127)85-30-56(110)89-35(5)63(119)98-44(24-50(79)104)69(125)96-42(14-18-48(77)102)67(123)94-40(16-20-58(113)114)65(121)83-26-52(106)81-28-54(108)87-33(3)60(116)92-38(8)74(130)131/h31-46H,9-30,75H2,1-8H3,(H2,76,101)(H2,77,102)(H2,78,103)(H2,79,104)(H,80,105)(H,81,106)(H,82,120)(H,83,121)(H,84,126)(H,85,127)(H,86,107)(H,87,108)(H,88,109)(H,89,110)(H,90,115)(H,91,117)(H,92,116)(H,93,122)(H,94,123)(H,95,124)(H,96,125)(H,97,118)(H,98,119)(H,111,112)(H,113,114)(H,130,131)/t31-,32-,33-,34-,35-,36-,37-,38-,39-,40-,41-,42-,43-,44-,45-,46-/m0/s1. The second kappa shape index (κ2) is 55.7. The first-order valence-corrected chi connectivity index (χ1v) is 40.8. The second-order valence-electron chi connectivity index (χ2n) is 30.4. The third-order valence-corrected chi connectivity index (χ3v) is 19.2. The van der Waals surface area contributed by atoms with Gasteiger partial charge >= 0.3 is 17.9 Å². The number of carbonyl (C=O) groups is 28. The maximum atomic E-state index is 13.8. The lowest BCUT2D eigenvalue weighted by Crippen LogP contribution is -2.59. The van der Waals surface area contributed by atoms with Crippen molar-refractivity contribution in [2.24, 2.45) is 28.7 Å². The van der Waals surface area contributed by atoms with Gasteiger partial charge in [0.25, 0.3) is 0 Å². The molecule has 0 spiro atoms. The summed E-state index contributed by atoms with van der Waals surface area (Å²) in [6, 6.07) is -23.9. The van der Waals surface area contributed by atoms with Crippen molar-refractivity contribution >= 4 is 166 Å². The molecule has 16 atom stereocenters. The Kier molecular flexibility index (Phi) is 47.7. The summed E-state index contributed by atoms with van der Waals surface area (Å²) in [6.07, 6.45) is -6.17. The molecule has 0 aliphatic carbocycles. The van der Waals surface area contributed by atoms with E-state index < -0.39 is 366 Å². The minimum absolute atomic E-state index is 0.0242. The Hall–Kier alpha value is -14.9. The molecule has 2 fully saturated rings. The van der Waals surface area contributed by atoms with Crippen molar-refractivity contribution in [3.8, 4) is 0 Å². The summed E-state index contributed by atoms with van der Waals surface area (Å²) in [4.78, 5) is 361. The highest BCUT2D eigenvalue weighted by Gasteiger charge is 2.41. The molecule has 0 bridgehead atoms. The van der Waals surface area contributed by atoms with Gasteiger partial charge in [0.1, 0.15) is 90.6 Å². The van der Waals surface area contributed by atoms with Crippen LogP contribution in [0.3, 0.4) is 0 Å². The zero-order valence-electron chi connectivity index (χ0n) is 72.8. The van der Waals surface area contributed by atoms with Crippen LogP contribution in [0.2, 0.25) is 0 Å². The summed E-state index contributed by atoms with van der Waals surface area (Å²) in [6.45, 7) is 4.99. The van der Waals surface area contributed by atoms with Gasteiger partial charge in [-0.2, -0.15) is 0 Å². The van der Waals surface area contributed by atoms with Crippen LogP contribution in [0.5, 0.6) is 0 Å². The van der Waals surface area contributed by atoms with Crippen LogP contribution in [0.4, 0.5) is 0 Å². The van der Waals surface area contributed by atoms with Gasteiger partial charge in [-0.3, -0.25) is 134 Å². The quantitative estimate of drug-likeness (QED) is 0.0269. The molecule has 25 amide bonds. The SMILES string of the molecule is C[C@H](N)C(=O)N1CCC[C@H]1C(=O)NCC(=O)N[C@@H](C)C(=O)N[C@@H](CC(N)=O)C(=O)N[C@@H](CCC(N)=O)C(=O)N[C@@H](CCC(=O)O)C(=O)NCC(=O)NCC(=O)N[C@@H](C)C(=O)N[C@@H](C)C(=O)N[C@@H](C)C(=O)N1CCC[C@H]1C(=O)NCC(=O)N[C@@H](C)C(=O)N[C@@H](CC(N)=O)C(=O)N[C@@H](CCC(N)=O)C(=O)N[C@@H](CCC(=O)O)C(=O)NCC(=O)NCC(=O)N[C@@H](C)C(=O)N[C@@H](C)C(=O)O. The molecule has 2 saturated heterocycles. The van der Waals surface area contributed by atoms with Gasteiger partial charge in [0, 0.05) is 38.8 Å². The van der Waals surface area contributed by atoms with E-state index in [4.69, 9.17) is 33.8 Å². The Morgan fingerprint density at radius 1 is 0.282 bits per heavy atom. The molecule has 32 N–H and O–H groups in total. The molecular weight excluding hydrogens is 1750 g/mol. The molecule has 57 heteroatoms. The number of carboxylic acid groups (broad SMARTS) is 3. The van der Waals surface area contributed by atoms with Crippen LogP contribution < -0.4 is 130 Å². The molecule has 0 aromatic carbocycles. The van der Waals surface area contributed by atoms with E-state index in [0.717, 1.165) is 18.7 Å². The molecule has 0 aromatic heterocycles. The maximum absolute atomic E-state index is 13.8. The Balaban J connectivity index is 2.00. The highest BCUT2D eigenvalue weighted by Crippen LogP contribution is 2.20. The first-order chi connectivity index (χ1) is 61.1. The van der Waals surface area contributed by atoms with Gasteiger partial charge < -0.3 is 155 Å². The van der Waals surface area contributed by atoms with E-state index in [9.17, 15) is 144 Å². The van der Waals surface area contributed by atoms with Crippen LogP contribution in [0.1, 0.15) is 145 Å². The highest BCUT2D eigenvalue weighted by atomic mass is 16.4. The Labute approximate surface area is 746 Å². The number of amides is 25. The lowest BCUT2D eigenvalue weighted by atomic mass is 10.1. The largest absolute Gasteiger partial charge is 0.481 e. The predicted molar refractivity (Wildman–Crippen MR) is 442 cm³/mol. The number of nitrogens with two attached hydrogens (primary N) is 5. The number of rotatable bonds is 57. The molecule has 2 aliphatic heterocycles. The van der Waals surface area contributed by atoms with Gasteiger partial charge in [0.15, 0.2) is 0 Å². The number of primary amides is 4. The van der Waals surface area contributed by atoms with Crippen LogP contribution >= 0.6 is 0 Å². The van der Waals surface area contributed by atoms with Crippen LogP contribution in [0.25, 0.3) is 0 Å². The smallest absolute Gasteiger partial charge is 0.325 e. The average molecular weight is 1870 g/mol. The van der Waals surface area contributed by atoms with E-state index in [2.05, 4.69) is 101 Å². The topological polar surface area (TPSA) is 904 Å². The van der Waals surface area contributed by atoms with Gasteiger partial charge in [0.05, 0.1) is 58.2 Å². The van der Waals surface area contributed by atoms with Crippen molar-refractivity contribution in [1.82, 2.24) is 111 Å². The first-order valence-electron chi connectivity index (χ1n) is 40.8. The van der Waals surface area contributed by atoms with Gasteiger partial charge in [-0.15, -0.1) is 0 Å². The number of carboxylic acids is 3. The van der Waals surface area contributed by atoms with Crippen molar-refractivity contribution in [2.75, 3.05) is 52.4 Å². The monoisotopic (exact) mass is 1860 g/mol. The molecule has 0 unspecified atom stereocenters. The van der Waals surface area contributed by atoms with E-state index in [0.29, 0.717) is 6.42 Å². The summed E-state index contributed by atoms with van der Waals surface area (Å²) >= 11 is 0. The van der Waals surface area contributed by atoms with E-state index in [1.807, 2.05) is 0 Å². The zero-order chi connectivity index (χ0) is 99.5. The number of likely N-dealkylation sites (tertiary alicyclic amines) is 2. The summed E-state index contributed by atoms with van der Waals surface area (Å²) in [7, 11) is 0. The molecule has 0 saturated carbocycles. The van der Waals surface area contributed by atoms with Gasteiger partial charge in [-0.05, 0) is 107 Å². The van der Waals surface area contributed by atoms with E-state index in [-0.39, 0.29) is 32.4 Å². The van der Waals surface area contributed by atoms with Crippen molar-refractivity contribution in [3.63, 3.8) is 0 Å². The van der Waals surface area contributed by atoms with Gasteiger partial charge in [-0.25, -0.2) is 0 Å². The Morgan fingerprint density at radius 2 is 0.542 bits per heavy atom. The fourth-order valence-corrected chi connectivity index (χ4v) is 12.1. The number of nitrogens with zero attached hydrogens (tertiary/aromatic N) is 2. The zero-order valence-corrected chi connectivity index (χ0v) is 72.8. The van der Waals surface area contributed by atoms with E-state index in [1.165, 1.54) is 46.4 Å². The lowest BCUT2D eigenvalue weighted by Gasteiger charge is -2.28. The number of hydrogen-bond acceptors (Lipinski definition) is 29. The minimum Gasteiger partial charge on any atom is -0.481 e. The fraction of sp³-hybridized carbons (Fsp3) is 0.622. The molecule has 728 valence electrons. The van der Waals surface area contributed by atoms with Crippen LogP contribution in [0, 0.1) is 0 Å². The molecule has 0 aromatic rings. The van der Waals surface area contributed by atoms with Gasteiger partial charge in [-0.1, -0.05) is 0 Å². The molecule has 2 heterocycles. The average Bonchev–Trinajstić information content (AvgIpc) is 1.70. The van der Waals surface area contributed by atoms with Crippen LogP contribution in [-0.4, -0.2) is 340 Å². The van der Waals surface area contributed by atoms with E-state index >= 15 is 0 Å². The number of aliphatic carboxylic acids is 3. The van der Waals surface area contributed by atoms with E-state index in [1.54, 1.807) is 0 Å². The van der Waals surface area contributed by atoms with Crippen LogP contribution in [0.15, 0.2) is 0 Å². The normalized spacial score (nSPS) is 16.3. The third kappa shape index (κ3) is 42.1. The number of nitrogens with one attached hydrogen (secondary N) is 19. The predicted octanol–water partition coefficient (Wildman–Crippen LogP) is -16.4. The van der Waals surface area contributed by atoms with Crippen molar-refractivity contribution in [2.45, 2.75) is 242 Å². The van der Waals surface area contributed by atoms with Crippen molar-refractivity contribution < 1.29 is 150 Å². The van der Waals surface area contributed by atoms with Crippen LogP contribution in [-0.2, 0) is 134 Å². The molecular formula is C74H116N26O31. The fourth-order valence-electron chi connectivity index (χ4n) is 12.1. The third-order valence-electron chi connectivity index (χ3n) is 19.2. The van der Waals surface area contributed by atoms with Gasteiger partial charge in [0.2, 0.25) is 148 Å². The number of hydrogen-bond donors (Lipinski definition) is 27. The Bertz CT molecular complexity index is 4300. The molecule has 2 aliphatic rings. The molecule has 57 nitrogen and oxygen atoms in total. The summed E-state index contributed by atoms with van der Waals surface area (Å²) < 4.78 is 0. The molecule has 131 heavy (non-hydrogen) atoms. The van der Waals surface area contributed by atoms with Crippen molar-refractivity contribution in [3.05, 3.63) is 0 Å². The second-order valence-corrected chi connectivity index (χ2v) is 30.4. The maximum Gasteiger partial charge on any atom is 0.325 e. The molecule has 0 radical (unpaired) electrons. The first kappa shape index (κ1) is 112. The minimum atomic E-state index is -1.94. The summed E-state index contributed by atoms with van der Waals surface area (Å²) in [5.41, 5.74) is 27.0. The summed E-state index contributed by atoms with van der Waals surface area (Å²) in [5, 5.41) is 69.9. The summed E-state index contributed by atoms with van der Waals surface area (Å²) in [5.74, 6) is -30.1. The lowest BCUT2D eigenvalue weighted by molar-refractivity contribution is -0.141.